The van der Waals surface area contributed by atoms with Crippen LogP contribution in [0.3, 0.4) is 0 Å². The first-order valence-corrected chi connectivity index (χ1v) is 6.34. The van der Waals surface area contributed by atoms with Crippen molar-refractivity contribution in [3.63, 3.8) is 0 Å². The normalized spacial score (nSPS) is 17.4. The summed E-state index contributed by atoms with van der Waals surface area (Å²) >= 11 is 5.38. The molecule has 1 aliphatic rings. The van der Waals surface area contributed by atoms with Gasteiger partial charge in [-0.1, -0.05) is 11.6 Å². The van der Waals surface area contributed by atoms with Crippen LogP contribution in [0.5, 0.6) is 0 Å². The van der Waals surface area contributed by atoms with Crippen LogP contribution in [0.15, 0.2) is 0 Å². The van der Waals surface area contributed by atoms with Crippen LogP contribution in [0.1, 0.15) is 33.6 Å². The molecule has 5 nitrogen and oxygen atoms in total. The van der Waals surface area contributed by atoms with E-state index in [1.54, 1.807) is 4.90 Å². The fraction of sp³-hybridized carbons (Fsp3) is 0.750. The predicted molar refractivity (Wildman–Crippen MR) is 69.1 cm³/mol. The Bertz CT molecular complexity index is 355. The van der Waals surface area contributed by atoms with Crippen molar-refractivity contribution in [2.75, 3.05) is 13.1 Å². The molecule has 1 amide bonds. The van der Waals surface area contributed by atoms with Gasteiger partial charge in [0.05, 0.1) is 0 Å². The van der Waals surface area contributed by atoms with Crippen LogP contribution in [0, 0.1) is 11.3 Å². The number of Topliss-reactive ketones (excluding diaryl/α,β-unsaturated/α-hetero) is 1. The molecule has 0 spiro atoms. The van der Waals surface area contributed by atoms with Crippen molar-refractivity contribution in [1.82, 2.24) is 4.90 Å². The second kappa shape index (κ2) is 5.69. The van der Waals surface area contributed by atoms with Crippen LogP contribution in [0.25, 0.3) is 0 Å². The standard InChI is InChI=1S/C12H19ClN2O3/c1-12(2,3)18-11(17)15-6-4-8(5-7-15)9(16)10(13)14/h8,14H,4-7H2,1-3H3. The third-order valence-corrected chi connectivity index (χ3v) is 2.92. The van der Waals surface area contributed by atoms with Crippen molar-refractivity contribution < 1.29 is 14.3 Å². The maximum Gasteiger partial charge on any atom is 0.410 e. The Balaban J connectivity index is 2.47. The van der Waals surface area contributed by atoms with E-state index in [0.29, 0.717) is 25.9 Å². The van der Waals surface area contributed by atoms with Crippen LogP contribution in [0.4, 0.5) is 4.79 Å². The van der Waals surface area contributed by atoms with Gasteiger partial charge < -0.3 is 9.64 Å². The SMILES string of the molecule is CC(C)(C)OC(=O)N1CCC(C(=O)C(=N)Cl)CC1. The number of carbonyl (C=O) groups is 2. The number of ether oxygens (including phenoxy) is 1. The van der Waals surface area contributed by atoms with Crippen molar-refractivity contribution >= 4 is 28.6 Å². The van der Waals surface area contributed by atoms with Gasteiger partial charge in [0, 0.05) is 19.0 Å². The quantitative estimate of drug-likeness (QED) is 0.786. The van der Waals surface area contributed by atoms with Gasteiger partial charge in [-0.3, -0.25) is 10.2 Å². The summed E-state index contributed by atoms with van der Waals surface area (Å²) in [5.74, 6) is -0.575. The van der Waals surface area contributed by atoms with Crippen LogP contribution in [-0.4, -0.2) is 40.6 Å². The maximum absolute atomic E-state index is 11.8. The number of nitrogens with zero attached hydrogens (tertiary/aromatic N) is 1. The number of carbonyl (C=O) groups excluding carboxylic acids is 2. The first kappa shape index (κ1) is 15.0. The van der Waals surface area contributed by atoms with Gasteiger partial charge in [0.1, 0.15) is 5.60 Å². The highest BCUT2D eigenvalue weighted by molar-refractivity contribution is 6.82. The summed E-state index contributed by atoms with van der Waals surface area (Å²) in [5, 5.41) is 6.67. The number of rotatable bonds is 2. The molecule has 0 aromatic heterocycles. The Hall–Kier alpha value is -1.10. The highest BCUT2D eigenvalue weighted by Gasteiger charge is 2.30. The molecule has 0 aromatic rings. The summed E-state index contributed by atoms with van der Waals surface area (Å²) in [6, 6.07) is 0. The zero-order valence-electron chi connectivity index (χ0n) is 11.0. The molecule has 0 unspecified atom stereocenters. The van der Waals surface area contributed by atoms with Crippen molar-refractivity contribution in [2.45, 2.75) is 39.2 Å². The van der Waals surface area contributed by atoms with E-state index in [4.69, 9.17) is 21.7 Å². The van der Waals surface area contributed by atoms with E-state index >= 15 is 0 Å². The molecule has 0 aliphatic carbocycles. The first-order valence-electron chi connectivity index (χ1n) is 5.97. The van der Waals surface area contributed by atoms with Crippen molar-refractivity contribution in [2.24, 2.45) is 5.92 Å². The lowest BCUT2D eigenvalue weighted by molar-refractivity contribution is -0.117. The summed E-state index contributed by atoms with van der Waals surface area (Å²) in [7, 11) is 0. The largest absolute Gasteiger partial charge is 0.444 e. The fourth-order valence-electron chi connectivity index (χ4n) is 1.83. The Morgan fingerprint density at radius 3 is 2.17 bits per heavy atom. The van der Waals surface area contributed by atoms with E-state index in [-0.39, 0.29) is 17.8 Å². The summed E-state index contributed by atoms with van der Waals surface area (Å²) in [6.45, 7) is 6.38. The molecule has 1 fully saturated rings. The molecule has 1 saturated heterocycles. The second-order valence-electron chi connectivity index (χ2n) is 5.42. The number of amides is 1. The van der Waals surface area contributed by atoms with E-state index in [9.17, 15) is 9.59 Å². The van der Waals surface area contributed by atoms with Gasteiger partial charge in [-0.05, 0) is 33.6 Å². The van der Waals surface area contributed by atoms with Crippen LogP contribution < -0.4 is 0 Å². The molecule has 1 N–H and O–H groups in total. The molecule has 1 rings (SSSR count). The second-order valence-corrected chi connectivity index (χ2v) is 5.80. The molecular weight excluding hydrogens is 256 g/mol. The van der Waals surface area contributed by atoms with Crippen LogP contribution in [0.2, 0.25) is 0 Å². The Morgan fingerprint density at radius 1 is 1.28 bits per heavy atom. The summed E-state index contributed by atoms with van der Waals surface area (Å²) in [5.41, 5.74) is -0.512. The molecule has 6 heteroatoms. The fourth-order valence-corrected chi connectivity index (χ4v) is 1.98. The molecule has 0 bridgehead atoms. The molecule has 1 aliphatic heterocycles. The Kier molecular flexibility index (Phi) is 4.73. The highest BCUT2D eigenvalue weighted by Crippen LogP contribution is 2.21. The van der Waals surface area contributed by atoms with Gasteiger partial charge >= 0.3 is 6.09 Å². The Morgan fingerprint density at radius 2 is 1.78 bits per heavy atom. The highest BCUT2D eigenvalue weighted by atomic mass is 35.5. The van der Waals surface area contributed by atoms with Gasteiger partial charge in [0.15, 0.2) is 11.0 Å². The smallest absolute Gasteiger partial charge is 0.410 e. The maximum atomic E-state index is 11.8. The van der Waals surface area contributed by atoms with Crippen LogP contribution >= 0.6 is 11.6 Å². The lowest BCUT2D eigenvalue weighted by atomic mass is 9.93. The average molecular weight is 275 g/mol. The van der Waals surface area contributed by atoms with Gasteiger partial charge in [-0.25, -0.2) is 4.79 Å². The molecule has 0 aromatic carbocycles. The zero-order chi connectivity index (χ0) is 13.9. The first-order chi connectivity index (χ1) is 8.20. The van der Waals surface area contributed by atoms with Crippen molar-refractivity contribution in [1.29, 1.82) is 5.41 Å². The van der Waals surface area contributed by atoms with Gasteiger partial charge in [0.2, 0.25) is 0 Å². The summed E-state index contributed by atoms with van der Waals surface area (Å²) in [4.78, 5) is 24.9. The average Bonchev–Trinajstić information content (AvgIpc) is 2.26. The van der Waals surface area contributed by atoms with E-state index in [1.165, 1.54) is 0 Å². The molecule has 0 atom stereocenters. The van der Waals surface area contributed by atoms with Gasteiger partial charge in [0.25, 0.3) is 0 Å². The third-order valence-electron chi connectivity index (χ3n) is 2.73. The molecular formula is C12H19ClN2O3. The lowest BCUT2D eigenvalue weighted by Gasteiger charge is -2.32. The number of hydrogen-bond acceptors (Lipinski definition) is 4. The van der Waals surface area contributed by atoms with E-state index in [2.05, 4.69) is 0 Å². The Labute approximate surface area is 112 Å². The number of nitrogens with one attached hydrogen (secondary N) is 1. The molecule has 1 heterocycles. The number of piperidine rings is 1. The molecule has 18 heavy (non-hydrogen) atoms. The number of halogens is 1. The zero-order valence-corrected chi connectivity index (χ0v) is 11.7. The van der Waals surface area contributed by atoms with E-state index in [1.807, 2.05) is 20.8 Å². The van der Waals surface area contributed by atoms with Gasteiger partial charge in [-0.2, -0.15) is 0 Å². The lowest BCUT2D eigenvalue weighted by Crippen LogP contribution is -2.43. The van der Waals surface area contributed by atoms with Crippen molar-refractivity contribution in [3.8, 4) is 0 Å². The van der Waals surface area contributed by atoms with E-state index < -0.39 is 10.8 Å². The number of likely N-dealkylation sites (tertiary alicyclic amines) is 1. The topological polar surface area (TPSA) is 70.5 Å². The molecule has 0 saturated carbocycles. The van der Waals surface area contributed by atoms with E-state index in [0.717, 1.165) is 0 Å². The predicted octanol–water partition coefficient (Wildman–Crippen LogP) is 2.42. The number of ketones is 1. The molecule has 0 radical (unpaired) electrons. The third kappa shape index (κ3) is 4.29. The minimum Gasteiger partial charge on any atom is -0.444 e. The minimum absolute atomic E-state index is 0.242. The summed E-state index contributed by atoms with van der Waals surface area (Å²) in [6.07, 6.45) is 0.717. The van der Waals surface area contributed by atoms with Crippen LogP contribution in [-0.2, 0) is 9.53 Å². The van der Waals surface area contributed by atoms with Crippen molar-refractivity contribution in [3.05, 3.63) is 0 Å². The number of hydrogen-bond donors (Lipinski definition) is 1. The molecule has 102 valence electrons. The minimum atomic E-state index is -0.512. The monoisotopic (exact) mass is 274 g/mol. The van der Waals surface area contributed by atoms with Gasteiger partial charge in [-0.15, -0.1) is 0 Å². The summed E-state index contributed by atoms with van der Waals surface area (Å²) < 4.78 is 5.25.